The summed E-state index contributed by atoms with van der Waals surface area (Å²) >= 11 is 6.08. The van der Waals surface area contributed by atoms with Gasteiger partial charge in [-0.3, -0.25) is 0 Å². The van der Waals surface area contributed by atoms with Gasteiger partial charge in [-0.25, -0.2) is 9.78 Å². The van der Waals surface area contributed by atoms with Crippen LogP contribution >= 0.6 is 11.6 Å². The molecular formula is C15H10ClNO3. The standard InChI is InChI=1S/C15H10ClNO3/c1-8-2-3-9(6-11(8)16)14-17-12-5-4-10(15(18)19)7-13(12)20-14/h2-7H,1H3,(H,18,19). The van der Waals surface area contributed by atoms with E-state index in [1.54, 1.807) is 12.1 Å². The molecule has 0 amide bonds. The summed E-state index contributed by atoms with van der Waals surface area (Å²) < 4.78 is 5.61. The lowest BCUT2D eigenvalue weighted by molar-refractivity contribution is 0.0697. The fourth-order valence-corrected chi connectivity index (χ4v) is 2.09. The van der Waals surface area contributed by atoms with Gasteiger partial charge in [-0.05, 0) is 42.8 Å². The molecule has 0 fully saturated rings. The fraction of sp³-hybridized carbons (Fsp3) is 0.0667. The van der Waals surface area contributed by atoms with Gasteiger partial charge in [0.1, 0.15) is 5.52 Å². The number of benzene rings is 2. The van der Waals surface area contributed by atoms with Gasteiger partial charge in [0.15, 0.2) is 5.58 Å². The second kappa shape index (κ2) is 4.65. The van der Waals surface area contributed by atoms with Crippen LogP contribution in [0.3, 0.4) is 0 Å². The molecule has 0 saturated heterocycles. The van der Waals surface area contributed by atoms with Crippen LogP contribution in [0.15, 0.2) is 40.8 Å². The number of aromatic nitrogens is 1. The van der Waals surface area contributed by atoms with Crippen LogP contribution in [0.5, 0.6) is 0 Å². The van der Waals surface area contributed by atoms with Crippen molar-refractivity contribution in [2.45, 2.75) is 6.92 Å². The fourth-order valence-electron chi connectivity index (χ4n) is 1.91. The Morgan fingerprint density at radius 1 is 1.25 bits per heavy atom. The predicted molar refractivity (Wildman–Crippen MR) is 76.2 cm³/mol. The van der Waals surface area contributed by atoms with E-state index in [1.165, 1.54) is 12.1 Å². The van der Waals surface area contributed by atoms with Crippen molar-refractivity contribution in [2.24, 2.45) is 0 Å². The minimum Gasteiger partial charge on any atom is -0.478 e. The molecule has 1 heterocycles. The van der Waals surface area contributed by atoms with Crippen molar-refractivity contribution in [2.75, 3.05) is 0 Å². The Hall–Kier alpha value is -2.33. The van der Waals surface area contributed by atoms with Gasteiger partial charge in [-0.2, -0.15) is 0 Å². The quantitative estimate of drug-likeness (QED) is 0.769. The third-order valence-electron chi connectivity index (χ3n) is 3.05. The van der Waals surface area contributed by atoms with Crippen molar-refractivity contribution in [1.82, 2.24) is 4.98 Å². The van der Waals surface area contributed by atoms with Crippen LogP contribution in [0, 0.1) is 6.92 Å². The first-order valence-corrected chi connectivity index (χ1v) is 6.33. The molecular weight excluding hydrogens is 278 g/mol. The van der Waals surface area contributed by atoms with E-state index in [0.717, 1.165) is 11.1 Å². The number of rotatable bonds is 2. The number of carboxylic acid groups (broad SMARTS) is 1. The van der Waals surface area contributed by atoms with E-state index in [-0.39, 0.29) is 5.56 Å². The largest absolute Gasteiger partial charge is 0.478 e. The average Bonchev–Trinajstić information content (AvgIpc) is 2.84. The number of aromatic carboxylic acids is 1. The number of halogens is 1. The monoisotopic (exact) mass is 287 g/mol. The van der Waals surface area contributed by atoms with Gasteiger partial charge in [-0.15, -0.1) is 0 Å². The summed E-state index contributed by atoms with van der Waals surface area (Å²) in [4.78, 5) is 15.3. The lowest BCUT2D eigenvalue weighted by Crippen LogP contribution is -1.94. The van der Waals surface area contributed by atoms with Gasteiger partial charge in [-0.1, -0.05) is 17.7 Å². The van der Waals surface area contributed by atoms with E-state index in [2.05, 4.69) is 4.98 Å². The molecule has 0 aliphatic carbocycles. The van der Waals surface area contributed by atoms with E-state index in [0.29, 0.717) is 22.0 Å². The lowest BCUT2D eigenvalue weighted by atomic mass is 10.1. The minimum absolute atomic E-state index is 0.169. The van der Waals surface area contributed by atoms with Crippen molar-refractivity contribution in [3.05, 3.63) is 52.5 Å². The zero-order valence-corrected chi connectivity index (χ0v) is 11.3. The third kappa shape index (κ3) is 2.14. The summed E-state index contributed by atoms with van der Waals surface area (Å²) in [6.45, 7) is 1.91. The SMILES string of the molecule is Cc1ccc(-c2nc3ccc(C(=O)O)cc3o2)cc1Cl. The molecule has 0 unspecified atom stereocenters. The zero-order chi connectivity index (χ0) is 14.3. The van der Waals surface area contributed by atoms with Crippen molar-refractivity contribution < 1.29 is 14.3 Å². The van der Waals surface area contributed by atoms with Crippen molar-refractivity contribution >= 4 is 28.7 Å². The first kappa shape index (κ1) is 12.7. The Morgan fingerprint density at radius 3 is 2.75 bits per heavy atom. The first-order valence-electron chi connectivity index (χ1n) is 5.95. The number of carboxylic acids is 1. The highest BCUT2D eigenvalue weighted by Crippen LogP contribution is 2.28. The van der Waals surface area contributed by atoms with Crippen LogP contribution in [-0.4, -0.2) is 16.1 Å². The number of carbonyl (C=O) groups is 1. The summed E-state index contributed by atoms with van der Waals surface area (Å²) in [6.07, 6.45) is 0. The Morgan fingerprint density at radius 2 is 2.05 bits per heavy atom. The Kier molecular flexibility index (Phi) is 2.95. The van der Waals surface area contributed by atoms with E-state index in [4.69, 9.17) is 21.1 Å². The first-order chi connectivity index (χ1) is 9.54. The third-order valence-corrected chi connectivity index (χ3v) is 3.46. The molecule has 0 aliphatic heterocycles. The van der Waals surface area contributed by atoms with Crippen LogP contribution in [0.2, 0.25) is 5.02 Å². The highest BCUT2D eigenvalue weighted by molar-refractivity contribution is 6.31. The van der Waals surface area contributed by atoms with E-state index >= 15 is 0 Å². The lowest BCUT2D eigenvalue weighted by Gasteiger charge is -1.99. The molecule has 0 saturated carbocycles. The maximum absolute atomic E-state index is 10.9. The molecule has 0 spiro atoms. The topological polar surface area (TPSA) is 63.3 Å². The molecule has 4 nitrogen and oxygen atoms in total. The summed E-state index contributed by atoms with van der Waals surface area (Å²) in [5.41, 5.74) is 2.95. The molecule has 20 heavy (non-hydrogen) atoms. The second-order valence-corrected chi connectivity index (χ2v) is 4.88. The molecule has 3 rings (SSSR count). The Bertz CT molecular complexity index is 823. The number of nitrogens with zero attached hydrogens (tertiary/aromatic N) is 1. The molecule has 2 aromatic carbocycles. The van der Waals surface area contributed by atoms with Gasteiger partial charge >= 0.3 is 5.97 Å². The predicted octanol–water partition coefficient (Wildman–Crippen LogP) is 4.15. The molecule has 3 aromatic rings. The normalized spacial score (nSPS) is 10.9. The highest BCUT2D eigenvalue weighted by atomic mass is 35.5. The number of hydrogen-bond acceptors (Lipinski definition) is 3. The number of oxazole rings is 1. The minimum atomic E-state index is -0.997. The van der Waals surface area contributed by atoms with Crippen LogP contribution in [0.4, 0.5) is 0 Å². The van der Waals surface area contributed by atoms with Gasteiger partial charge in [0.2, 0.25) is 5.89 Å². The van der Waals surface area contributed by atoms with Gasteiger partial charge < -0.3 is 9.52 Å². The van der Waals surface area contributed by atoms with Crippen molar-refractivity contribution in [1.29, 1.82) is 0 Å². The molecule has 5 heteroatoms. The summed E-state index contributed by atoms with van der Waals surface area (Å²) in [6, 6.07) is 10.1. The summed E-state index contributed by atoms with van der Waals surface area (Å²) in [7, 11) is 0. The van der Waals surface area contributed by atoms with Gasteiger partial charge in [0, 0.05) is 10.6 Å². The van der Waals surface area contributed by atoms with Crippen LogP contribution in [0.25, 0.3) is 22.6 Å². The van der Waals surface area contributed by atoms with Gasteiger partial charge in [0.25, 0.3) is 0 Å². The van der Waals surface area contributed by atoms with E-state index < -0.39 is 5.97 Å². The van der Waals surface area contributed by atoms with Gasteiger partial charge in [0.05, 0.1) is 5.56 Å². The smallest absolute Gasteiger partial charge is 0.335 e. The van der Waals surface area contributed by atoms with E-state index in [9.17, 15) is 4.79 Å². The maximum Gasteiger partial charge on any atom is 0.335 e. The Labute approximate surface area is 119 Å². The molecule has 1 N–H and O–H groups in total. The molecule has 100 valence electrons. The number of hydrogen-bond donors (Lipinski definition) is 1. The highest BCUT2D eigenvalue weighted by Gasteiger charge is 2.11. The summed E-state index contributed by atoms with van der Waals surface area (Å²) in [5.74, 6) is -0.576. The van der Waals surface area contributed by atoms with Crippen molar-refractivity contribution in [3.63, 3.8) is 0 Å². The summed E-state index contributed by atoms with van der Waals surface area (Å²) in [5, 5.41) is 9.59. The average molecular weight is 288 g/mol. The zero-order valence-electron chi connectivity index (χ0n) is 10.6. The van der Waals surface area contributed by atoms with Crippen LogP contribution < -0.4 is 0 Å². The van der Waals surface area contributed by atoms with Crippen LogP contribution in [-0.2, 0) is 0 Å². The molecule has 1 aromatic heterocycles. The molecule has 0 aliphatic rings. The van der Waals surface area contributed by atoms with Crippen LogP contribution in [0.1, 0.15) is 15.9 Å². The number of aryl methyl sites for hydroxylation is 1. The maximum atomic E-state index is 10.9. The molecule has 0 bridgehead atoms. The second-order valence-electron chi connectivity index (χ2n) is 4.47. The van der Waals surface area contributed by atoms with Crippen molar-refractivity contribution in [3.8, 4) is 11.5 Å². The Balaban J connectivity index is 2.12. The molecule has 0 radical (unpaired) electrons. The van der Waals surface area contributed by atoms with E-state index in [1.807, 2.05) is 19.1 Å². The number of fused-ring (bicyclic) bond motifs is 1. The molecule has 0 atom stereocenters.